The van der Waals surface area contributed by atoms with Gasteiger partial charge in [0.05, 0.1) is 16.9 Å². The van der Waals surface area contributed by atoms with Crippen molar-refractivity contribution in [2.75, 3.05) is 37.8 Å². The van der Waals surface area contributed by atoms with Crippen molar-refractivity contribution in [2.24, 2.45) is 0 Å². The van der Waals surface area contributed by atoms with Crippen LogP contribution in [0.25, 0.3) is 22.2 Å². The van der Waals surface area contributed by atoms with Gasteiger partial charge < -0.3 is 15.5 Å². The molecule has 0 aliphatic rings. The summed E-state index contributed by atoms with van der Waals surface area (Å²) in [6.45, 7) is 1.76. The Kier molecular flexibility index (Phi) is 7.28. The van der Waals surface area contributed by atoms with E-state index in [1.54, 1.807) is 12.1 Å². The molecule has 2 heterocycles. The summed E-state index contributed by atoms with van der Waals surface area (Å²) in [6.07, 6.45) is 0.980. The van der Waals surface area contributed by atoms with E-state index in [0.29, 0.717) is 27.3 Å². The Morgan fingerprint density at radius 2 is 1.79 bits per heavy atom. The molecule has 170 valence electrons. The second-order valence-corrected chi connectivity index (χ2v) is 8.79. The molecule has 0 aliphatic carbocycles. The van der Waals surface area contributed by atoms with Crippen LogP contribution in [0.5, 0.6) is 0 Å². The minimum absolute atomic E-state index is 0.340. The van der Waals surface area contributed by atoms with Gasteiger partial charge in [0.2, 0.25) is 0 Å². The lowest BCUT2D eigenvalue weighted by Crippen LogP contribution is -2.16. The Morgan fingerprint density at radius 1 is 0.970 bits per heavy atom. The van der Waals surface area contributed by atoms with Crippen molar-refractivity contribution in [3.05, 3.63) is 76.7 Å². The van der Waals surface area contributed by atoms with Crippen molar-refractivity contribution in [1.29, 1.82) is 0 Å². The van der Waals surface area contributed by atoms with Crippen LogP contribution in [-0.2, 0) is 0 Å². The summed E-state index contributed by atoms with van der Waals surface area (Å²) in [5, 5.41) is 8.45. The number of anilines is 3. The van der Waals surface area contributed by atoms with E-state index in [0.717, 1.165) is 41.8 Å². The molecule has 0 atom stereocenters. The van der Waals surface area contributed by atoms with Gasteiger partial charge in [-0.25, -0.2) is 14.4 Å². The predicted octanol–water partition coefficient (Wildman–Crippen LogP) is 6.85. The summed E-state index contributed by atoms with van der Waals surface area (Å²) >= 11 is 12.4. The fraction of sp³-hybridized carbons (Fsp3) is 0.200. The molecule has 0 amide bonds. The molecule has 0 bridgehead atoms. The molecule has 0 spiro atoms. The maximum atomic E-state index is 14.6. The Labute approximate surface area is 202 Å². The van der Waals surface area contributed by atoms with Crippen LogP contribution >= 0.6 is 23.2 Å². The van der Waals surface area contributed by atoms with Gasteiger partial charge in [-0.05, 0) is 63.5 Å². The van der Waals surface area contributed by atoms with Gasteiger partial charge in [0, 0.05) is 34.3 Å². The molecular weight excluding hydrogens is 460 g/mol. The normalized spacial score (nSPS) is 11.2. The van der Waals surface area contributed by atoms with Gasteiger partial charge >= 0.3 is 0 Å². The third-order valence-electron chi connectivity index (χ3n) is 5.08. The molecule has 2 aromatic carbocycles. The summed E-state index contributed by atoms with van der Waals surface area (Å²) in [7, 11) is 4.09. The predicted molar refractivity (Wildman–Crippen MR) is 136 cm³/mol. The quantitative estimate of drug-likeness (QED) is 0.212. The van der Waals surface area contributed by atoms with Gasteiger partial charge in [-0.15, -0.1) is 0 Å². The zero-order valence-electron chi connectivity index (χ0n) is 18.4. The Morgan fingerprint density at radius 3 is 2.61 bits per heavy atom. The van der Waals surface area contributed by atoms with Gasteiger partial charge in [-0.2, -0.15) is 0 Å². The molecule has 0 saturated heterocycles. The van der Waals surface area contributed by atoms with Crippen LogP contribution in [0.4, 0.5) is 21.6 Å². The summed E-state index contributed by atoms with van der Waals surface area (Å²) in [6, 6.07) is 17.6. The van der Waals surface area contributed by atoms with Crippen LogP contribution < -0.4 is 10.6 Å². The maximum Gasteiger partial charge on any atom is 0.133 e. The van der Waals surface area contributed by atoms with Crippen LogP contribution in [-0.4, -0.2) is 42.1 Å². The number of nitrogens with zero attached hydrogens (tertiary/aromatic N) is 3. The molecular formula is C25H24Cl2FN5. The molecule has 4 aromatic rings. The number of halogens is 3. The van der Waals surface area contributed by atoms with Gasteiger partial charge in [0.1, 0.15) is 16.8 Å². The van der Waals surface area contributed by atoms with Gasteiger partial charge in [-0.1, -0.05) is 41.4 Å². The van der Waals surface area contributed by atoms with Crippen LogP contribution in [0, 0.1) is 5.82 Å². The lowest BCUT2D eigenvalue weighted by Gasteiger charge is -2.15. The van der Waals surface area contributed by atoms with E-state index < -0.39 is 0 Å². The zero-order chi connectivity index (χ0) is 23.4. The fourth-order valence-corrected chi connectivity index (χ4v) is 3.92. The zero-order valence-corrected chi connectivity index (χ0v) is 19.9. The lowest BCUT2D eigenvalue weighted by molar-refractivity contribution is 0.405. The summed E-state index contributed by atoms with van der Waals surface area (Å²) in [5.41, 5.74) is 3.10. The third kappa shape index (κ3) is 5.90. The number of nitrogens with one attached hydrogen (secondary N) is 2. The van der Waals surface area contributed by atoms with Crippen LogP contribution in [0.2, 0.25) is 10.2 Å². The van der Waals surface area contributed by atoms with Crippen molar-refractivity contribution in [1.82, 2.24) is 14.9 Å². The number of benzene rings is 2. The monoisotopic (exact) mass is 483 g/mol. The molecule has 5 nitrogen and oxygen atoms in total. The largest absolute Gasteiger partial charge is 0.370 e. The second-order valence-electron chi connectivity index (χ2n) is 7.97. The number of hydrogen-bond acceptors (Lipinski definition) is 5. The maximum absolute atomic E-state index is 14.6. The highest BCUT2D eigenvalue weighted by molar-refractivity contribution is 6.31. The number of fused-ring (bicyclic) bond motifs is 1. The minimum atomic E-state index is -0.385. The minimum Gasteiger partial charge on any atom is -0.370 e. The van der Waals surface area contributed by atoms with E-state index >= 15 is 0 Å². The lowest BCUT2D eigenvalue weighted by atomic mass is 10.1. The Hall–Kier alpha value is -2.93. The number of aromatic nitrogens is 2. The molecule has 2 aromatic heterocycles. The van der Waals surface area contributed by atoms with Gasteiger partial charge in [0.15, 0.2) is 0 Å². The third-order valence-corrected chi connectivity index (χ3v) is 5.51. The second kappa shape index (κ2) is 10.3. The van der Waals surface area contributed by atoms with E-state index in [9.17, 15) is 4.39 Å². The highest BCUT2D eigenvalue weighted by Crippen LogP contribution is 2.33. The molecule has 0 radical (unpaired) electrons. The number of rotatable bonds is 8. The molecule has 8 heteroatoms. The molecule has 0 aliphatic heterocycles. The van der Waals surface area contributed by atoms with Crippen LogP contribution in [0.3, 0.4) is 0 Å². The van der Waals surface area contributed by atoms with Crippen molar-refractivity contribution in [2.45, 2.75) is 6.42 Å². The van der Waals surface area contributed by atoms with E-state index in [-0.39, 0.29) is 5.82 Å². The van der Waals surface area contributed by atoms with Crippen molar-refractivity contribution in [3.8, 4) is 11.3 Å². The fourth-order valence-electron chi connectivity index (χ4n) is 3.54. The number of hydrogen-bond donors (Lipinski definition) is 2. The first kappa shape index (κ1) is 23.2. The molecule has 33 heavy (non-hydrogen) atoms. The van der Waals surface area contributed by atoms with Gasteiger partial charge in [-0.3, -0.25) is 0 Å². The molecule has 4 rings (SSSR count). The first-order valence-electron chi connectivity index (χ1n) is 10.6. The standard InChI is InChI=1S/C25H24Cl2FN5/c1-33(2)11-5-10-29-25-14-17(13-24(27)32-25)30-22-15-23(19-12-16(26)8-9-20(19)28)31-21-7-4-3-6-18(21)22/h3-4,6-9,12-15H,5,10-11H2,1-2H3,(H2,29,30,31,32). The van der Waals surface area contributed by atoms with Crippen molar-refractivity contribution < 1.29 is 4.39 Å². The van der Waals surface area contributed by atoms with E-state index in [4.69, 9.17) is 23.2 Å². The first-order chi connectivity index (χ1) is 15.9. The topological polar surface area (TPSA) is 53.1 Å². The van der Waals surface area contributed by atoms with Crippen molar-refractivity contribution in [3.63, 3.8) is 0 Å². The Balaban J connectivity index is 1.68. The smallest absolute Gasteiger partial charge is 0.133 e. The summed E-state index contributed by atoms with van der Waals surface area (Å²) in [4.78, 5) is 11.2. The van der Waals surface area contributed by atoms with Gasteiger partial charge in [0.25, 0.3) is 0 Å². The highest BCUT2D eigenvalue weighted by atomic mass is 35.5. The summed E-state index contributed by atoms with van der Waals surface area (Å²) in [5.74, 6) is 0.299. The average Bonchev–Trinajstić information content (AvgIpc) is 2.78. The number of pyridine rings is 2. The SMILES string of the molecule is CN(C)CCCNc1cc(Nc2cc(-c3cc(Cl)ccc3F)nc3ccccc23)cc(Cl)n1. The van der Waals surface area contributed by atoms with E-state index in [1.807, 2.05) is 50.5 Å². The van der Waals surface area contributed by atoms with E-state index in [1.165, 1.54) is 12.1 Å². The highest BCUT2D eigenvalue weighted by Gasteiger charge is 2.13. The number of para-hydroxylation sites is 1. The molecule has 0 saturated carbocycles. The average molecular weight is 484 g/mol. The molecule has 0 fully saturated rings. The van der Waals surface area contributed by atoms with Crippen molar-refractivity contribution >= 4 is 51.3 Å². The van der Waals surface area contributed by atoms with Crippen LogP contribution in [0.1, 0.15) is 6.42 Å². The first-order valence-corrected chi connectivity index (χ1v) is 11.3. The molecule has 0 unspecified atom stereocenters. The summed E-state index contributed by atoms with van der Waals surface area (Å²) < 4.78 is 14.6. The van der Waals surface area contributed by atoms with Crippen LogP contribution in [0.15, 0.2) is 60.7 Å². The Bertz CT molecular complexity index is 1280. The van der Waals surface area contributed by atoms with E-state index in [2.05, 4.69) is 25.5 Å². The molecule has 2 N–H and O–H groups in total.